The van der Waals surface area contributed by atoms with Crippen molar-refractivity contribution in [1.82, 2.24) is 0 Å². The molecule has 0 spiro atoms. The Kier molecular flexibility index (Phi) is 29.7. The Morgan fingerprint density at radius 2 is 0.789 bits per heavy atom. The SMILES string of the molecule is CCCCCCCCCCCCCCCCOC(=O)C(CCCC)(CCCCCCCCCCCC)OP. The van der Waals surface area contributed by atoms with Crippen LogP contribution in [-0.2, 0) is 14.1 Å². The highest BCUT2D eigenvalue weighted by molar-refractivity contribution is 7.10. The van der Waals surface area contributed by atoms with Gasteiger partial charge in [0, 0.05) is 9.47 Å². The van der Waals surface area contributed by atoms with Crippen LogP contribution < -0.4 is 0 Å². The predicted molar refractivity (Wildman–Crippen MR) is 171 cm³/mol. The first-order valence-corrected chi connectivity index (χ1v) is 17.7. The van der Waals surface area contributed by atoms with Gasteiger partial charge in [0.15, 0.2) is 5.60 Å². The average Bonchev–Trinajstić information content (AvgIpc) is 2.93. The van der Waals surface area contributed by atoms with Crippen LogP contribution in [-0.4, -0.2) is 18.2 Å². The molecule has 0 N–H and O–H groups in total. The van der Waals surface area contributed by atoms with Gasteiger partial charge in [-0.15, -0.1) is 0 Å². The topological polar surface area (TPSA) is 35.5 Å². The van der Waals surface area contributed by atoms with Crippen molar-refractivity contribution in [2.45, 2.75) is 206 Å². The second-order valence-corrected chi connectivity index (χ2v) is 12.1. The Morgan fingerprint density at radius 3 is 1.16 bits per heavy atom. The zero-order valence-corrected chi connectivity index (χ0v) is 27.5. The zero-order chi connectivity index (χ0) is 28.0. The van der Waals surface area contributed by atoms with E-state index in [4.69, 9.17) is 9.26 Å². The summed E-state index contributed by atoms with van der Waals surface area (Å²) in [5.41, 5.74) is -0.767. The summed E-state index contributed by atoms with van der Waals surface area (Å²) in [6.07, 6.45) is 35.4. The highest BCUT2D eigenvalue weighted by Crippen LogP contribution is 2.31. The third-order valence-corrected chi connectivity index (χ3v) is 8.65. The normalized spacial score (nSPS) is 13.1. The number of hydrogen-bond acceptors (Lipinski definition) is 3. The van der Waals surface area contributed by atoms with Crippen molar-refractivity contribution in [3.05, 3.63) is 0 Å². The Labute approximate surface area is 242 Å². The van der Waals surface area contributed by atoms with Crippen molar-refractivity contribution in [3.8, 4) is 0 Å². The first-order chi connectivity index (χ1) is 18.7. The number of rotatable bonds is 31. The van der Waals surface area contributed by atoms with Crippen LogP contribution in [0.4, 0.5) is 0 Å². The molecule has 0 saturated heterocycles. The second-order valence-electron chi connectivity index (χ2n) is 11.9. The van der Waals surface area contributed by atoms with E-state index in [1.54, 1.807) is 0 Å². The van der Waals surface area contributed by atoms with Crippen LogP contribution in [0.2, 0.25) is 0 Å². The molecule has 3 nitrogen and oxygen atoms in total. The molecule has 2 unspecified atom stereocenters. The first kappa shape index (κ1) is 37.9. The highest BCUT2D eigenvalue weighted by atomic mass is 31.0. The molecule has 2 atom stereocenters. The molecule has 0 aromatic carbocycles. The minimum atomic E-state index is -0.767. The van der Waals surface area contributed by atoms with Gasteiger partial charge < -0.3 is 9.26 Å². The minimum Gasteiger partial charge on any atom is -0.464 e. The van der Waals surface area contributed by atoms with E-state index in [0.717, 1.165) is 44.9 Å². The standard InChI is InChI=1S/C34H69O3P/c1-4-7-10-12-14-16-18-19-20-21-23-25-27-29-32-36-33(35)34(37-38,30-9-6-3)31-28-26-24-22-17-15-13-11-8-5-2/h4-32,38H2,1-3H3. The van der Waals surface area contributed by atoms with Gasteiger partial charge in [-0.25, -0.2) is 4.79 Å². The Balaban J connectivity index is 3.92. The van der Waals surface area contributed by atoms with Crippen LogP contribution >= 0.6 is 9.47 Å². The molecule has 38 heavy (non-hydrogen) atoms. The number of hydrogen-bond donors (Lipinski definition) is 0. The second kappa shape index (κ2) is 29.8. The van der Waals surface area contributed by atoms with Gasteiger partial charge in [-0.3, -0.25) is 0 Å². The van der Waals surface area contributed by atoms with E-state index in [9.17, 15) is 4.79 Å². The van der Waals surface area contributed by atoms with Crippen molar-refractivity contribution >= 4 is 15.4 Å². The maximum Gasteiger partial charge on any atom is 0.338 e. The summed E-state index contributed by atoms with van der Waals surface area (Å²) in [5, 5.41) is 0. The molecular weight excluding hydrogens is 487 g/mol. The lowest BCUT2D eigenvalue weighted by atomic mass is 9.90. The molecule has 0 aromatic rings. The van der Waals surface area contributed by atoms with Gasteiger partial charge >= 0.3 is 5.97 Å². The molecule has 0 aliphatic rings. The lowest BCUT2D eigenvalue weighted by Gasteiger charge is -2.30. The molecule has 0 heterocycles. The lowest BCUT2D eigenvalue weighted by molar-refractivity contribution is -0.163. The third kappa shape index (κ3) is 22.7. The van der Waals surface area contributed by atoms with Crippen molar-refractivity contribution in [3.63, 3.8) is 0 Å². The summed E-state index contributed by atoms with van der Waals surface area (Å²) in [5.74, 6) is -0.133. The number of ether oxygens (including phenoxy) is 1. The highest BCUT2D eigenvalue weighted by Gasteiger charge is 2.39. The first-order valence-electron chi connectivity index (χ1n) is 17.2. The van der Waals surface area contributed by atoms with Crippen LogP contribution in [0.3, 0.4) is 0 Å². The van der Waals surface area contributed by atoms with Crippen molar-refractivity contribution < 1.29 is 14.1 Å². The van der Waals surface area contributed by atoms with E-state index in [1.807, 2.05) is 0 Å². The van der Waals surface area contributed by atoms with Crippen LogP contribution in [0.5, 0.6) is 0 Å². The largest absolute Gasteiger partial charge is 0.464 e. The average molecular weight is 557 g/mol. The summed E-state index contributed by atoms with van der Waals surface area (Å²) in [7, 11) is 2.38. The Bertz CT molecular complexity index is 484. The molecule has 4 heteroatoms. The quantitative estimate of drug-likeness (QED) is 0.0484. The monoisotopic (exact) mass is 556 g/mol. The van der Waals surface area contributed by atoms with Crippen molar-refractivity contribution in [1.29, 1.82) is 0 Å². The summed E-state index contributed by atoms with van der Waals surface area (Å²) in [4.78, 5) is 13.1. The van der Waals surface area contributed by atoms with Gasteiger partial charge in [-0.05, 0) is 25.7 Å². The van der Waals surface area contributed by atoms with E-state index in [2.05, 4.69) is 30.2 Å². The molecule has 0 amide bonds. The lowest BCUT2D eigenvalue weighted by Crippen LogP contribution is -2.41. The number of unbranched alkanes of at least 4 members (excludes halogenated alkanes) is 23. The smallest absolute Gasteiger partial charge is 0.338 e. The van der Waals surface area contributed by atoms with E-state index in [1.165, 1.54) is 135 Å². The fourth-order valence-corrected chi connectivity index (χ4v) is 5.78. The van der Waals surface area contributed by atoms with Crippen LogP contribution in [0.25, 0.3) is 0 Å². The molecule has 0 aliphatic heterocycles. The molecule has 228 valence electrons. The minimum absolute atomic E-state index is 0.133. The molecule has 0 saturated carbocycles. The van der Waals surface area contributed by atoms with Gasteiger partial charge in [0.25, 0.3) is 0 Å². The third-order valence-electron chi connectivity index (χ3n) is 8.20. The van der Waals surface area contributed by atoms with Crippen molar-refractivity contribution in [2.75, 3.05) is 6.61 Å². The van der Waals surface area contributed by atoms with Gasteiger partial charge in [0.1, 0.15) is 0 Å². The predicted octanol–water partition coefficient (Wildman–Crippen LogP) is 12.1. The van der Waals surface area contributed by atoms with Gasteiger partial charge in [-0.2, -0.15) is 0 Å². The summed E-state index contributed by atoms with van der Waals surface area (Å²) in [6, 6.07) is 0. The van der Waals surface area contributed by atoms with Crippen molar-refractivity contribution in [2.24, 2.45) is 0 Å². The van der Waals surface area contributed by atoms with E-state index >= 15 is 0 Å². The van der Waals surface area contributed by atoms with Crippen LogP contribution in [0, 0.1) is 0 Å². The molecule has 0 bridgehead atoms. The van der Waals surface area contributed by atoms with E-state index < -0.39 is 5.60 Å². The number of carbonyl (C=O) groups is 1. The molecular formula is C34H69O3P. The maximum atomic E-state index is 13.1. The molecule has 0 fully saturated rings. The van der Waals surface area contributed by atoms with E-state index in [0.29, 0.717) is 6.61 Å². The summed E-state index contributed by atoms with van der Waals surface area (Å²) >= 11 is 0. The molecule has 0 radical (unpaired) electrons. The molecule has 0 aliphatic carbocycles. The van der Waals surface area contributed by atoms with Crippen LogP contribution in [0.15, 0.2) is 0 Å². The van der Waals surface area contributed by atoms with Gasteiger partial charge in [0.2, 0.25) is 0 Å². The summed E-state index contributed by atoms with van der Waals surface area (Å²) < 4.78 is 11.6. The van der Waals surface area contributed by atoms with Gasteiger partial charge in [-0.1, -0.05) is 175 Å². The fraction of sp³-hybridized carbons (Fsp3) is 0.971. The fourth-order valence-electron chi connectivity index (χ4n) is 5.45. The Hall–Kier alpha value is -0.140. The van der Waals surface area contributed by atoms with Gasteiger partial charge in [0.05, 0.1) is 6.61 Å². The molecule has 0 aromatic heterocycles. The van der Waals surface area contributed by atoms with Crippen LogP contribution in [0.1, 0.15) is 201 Å². The molecule has 0 rings (SSSR count). The zero-order valence-electron chi connectivity index (χ0n) is 26.3. The summed E-state index contributed by atoms with van der Waals surface area (Å²) in [6.45, 7) is 7.27. The van der Waals surface area contributed by atoms with E-state index in [-0.39, 0.29) is 5.97 Å². The Morgan fingerprint density at radius 1 is 0.474 bits per heavy atom. The number of carbonyl (C=O) groups excluding carboxylic acids is 1. The number of esters is 1. The maximum absolute atomic E-state index is 13.1.